The van der Waals surface area contributed by atoms with E-state index in [1.807, 2.05) is 0 Å². The smallest absolute Gasteiger partial charge is 0.366 e. The fraction of sp³-hybridized carbons (Fsp3) is 0.562. The van der Waals surface area contributed by atoms with Crippen molar-refractivity contribution >= 4 is 18.3 Å². The summed E-state index contributed by atoms with van der Waals surface area (Å²) in [6.07, 6.45) is -2.97. The van der Waals surface area contributed by atoms with E-state index < -0.39 is 17.8 Å². The van der Waals surface area contributed by atoms with Gasteiger partial charge in [-0.3, -0.25) is 4.79 Å². The predicted octanol–water partition coefficient (Wildman–Crippen LogP) is 2.61. The second-order valence-corrected chi connectivity index (χ2v) is 5.96. The van der Waals surface area contributed by atoms with E-state index in [2.05, 4.69) is 5.32 Å². The van der Waals surface area contributed by atoms with Gasteiger partial charge in [0, 0.05) is 25.7 Å². The van der Waals surface area contributed by atoms with Gasteiger partial charge in [0.1, 0.15) is 6.10 Å². The molecule has 0 aromatic heterocycles. The van der Waals surface area contributed by atoms with Crippen molar-refractivity contribution in [3.05, 3.63) is 35.4 Å². The number of alkyl halides is 3. The molecule has 0 bridgehead atoms. The molecular weight excluding hydrogens is 345 g/mol. The van der Waals surface area contributed by atoms with Crippen molar-refractivity contribution in [2.24, 2.45) is 0 Å². The number of halogens is 4. The van der Waals surface area contributed by atoms with Gasteiger partial charge in [-0.1, -0.05) is 12.1 Å². The Labute approximate surface area is 144 Å². The lowest BCUT2D eigenvalue weighted by Gasteiger charge is -2.30. The Hall–Kier alpha value is -1.31. The third-order valence-electron chi connectivity index (χ3n) is 4.11. The first kappa shape index (κ1) is 19.0. The molecule has 1 saturated carbocycles. The SMILES string of the molecule is Cl.O=C(C1CNCCO1)N(Cc1ccc(C(F)(F)F)cc1)C1CC1. The summed E-state index contributed by atoms with van der Waals surface area (Å²) in [4.78, 5) is 14.3. The molecular formula is C16H20ClF3N2O2. The molecule has 1 heterocycles. The molecule has 1 saturated heterocycles. The summed E-state index contributed by atoms with van der Waals surface area (Å²) in [5.41, 5.74) is 0.0207. The maximum absolute atomic E-state index is 12.6. The minimum absolute atomic E-state index is 0. The number of carbonyl (C=O) groups excluding carboxylic acids is 1. The van der Waals surface area contributed by atoms with Gasteiger partial charge in [-0.2, -0.15) is 13.2 Å². The Balaban J connectivity index is 0.00000208. The topological polar surface area (TPSA) is 41.6 Å². The third-order valence-corrected chi connectivity index (χ3v) is 4.11. The molecule has 2 fully saturated rings. The zero-order valence-corrected chi connectivity index (χ0v) is 13.8. The van der Waals surface area contributed by atoms with Crippen LogP contribution >= 0.6 is 12.4 Å². The maximum Gasteiger partial charge on any atom is 0.416 e. The highest BCUT2D eigenvalue weighted by Gasteiger charge is 2.37. The first-order valence-corrected chi connectivity index (χ1v) is 7.74. The Morgan fingerprint density at radius 1 is 1.25 bits per heavy atom. The van der Waals surface area contributed by atoms with Crippen molar-refractivity contribution in [3.63, 3.8) is 0 Å². The highest BCUT2D eigenvalue weighted by atomic mass is 35.5. The standard InChI is InChI=1S/C16H19F3N2O2.ClH/c17-16(18,19)12-3-1-11(2-4-12)10-21(13-5-6-13)15(22)14-9-20-7-8-23-14;/h1-4,13-14,20H,5-10H2;1H. The van der Waals surface area contributed by atoms with E-state index in [1.165, 1.54) is 12.1 Å². The normalized spacial score (nSPS) is 21.0. The molecule has 24 heavy (non-hydrogen) atoms. The lowest BCUT2D eigenvalue weighted by atomic mass is 10.1. The zero-order chi connectivity index (χ0) is 16.4. The summed E-state index contributed by atoms with van der Waals surface area (Å²) < 4.78 is 43.3. The van der Waals surface area contributed by atoms with E-state index in [0.29, 0.717) is 25.3 Å². The molecule has 1 atom stereocenters. The van der Waals surface area contributed by atoms with E-state index in [9.17, 15) is 18.0 Å². The van der Waals surface area contributed by atoms with Crippen molar-refractivity contribution < 1.29 is 22.7 Å². The average Bonchev–Trinajstić information content (AvgIpc) is 3.37. The monoisotopic (exact) mass is 364 g/mol. The van der Waals surface area contributed by atoms with Crippen LogP contribution in [-0.4, -0.2) is 42.6 Å². The van der Waals surface area contributed by atoms with Crippen LogP contribution < -0.4 is 5.32 Å². The van der Waals surface area contributed by atoms with Crippen LogP contribution in [0.2, 0.25) is 0 Å². The number of benzene rings is 1. The van der Waals surface area contributed by atoms with Gasteiger partial charge < -0.3 is 15.0 Å². The molecule has 0 spiro atoms. The van der Waals surface area contributed by atoms with Gasteiger partial charge in [0.2, 0.25) is 0 Å². The molecule has 8 heteroatoms. The molecule has 1 unspecified atom stereocenters. The van der Waals surface area contributed by atoms with Crippen LogP contribution in [0.3, 0.4) is 0 Å². The largest absolute Gasteiger partial charge is 0.416 e. The predicted molar refractivity (Wildman–Crippen MR) is 84.9 cm³/mol. The summed E-state index contributed by atoms with van der Waals surface area (Å²) in [5, 5.41) is 3.12. The highest BCUT2D eigenvalue weighted by Crippen LogP contribution is 2.31. The van der Waals surface area contributed by atoms with Gasteiger partial charge in [-0.25, -0.2) is 0 Å². The number of morpholine rings is 1. The summed E-state index contributed by atoms with van der Waals surface area (Å²) in [6, 6.07) is 5.17. The average molecular weight is 365 g/mol. The molecule has 3 rings (SSSR count). The quantitative estimate of drug-likeness (QED) is 0.893. The fourth-order valence-electron chi connectivity index (χ4n) is 2.68. The molecule has 4 nitrogen and oxygen atoms in total. The molecule has 1 amide bonds. The second kappa shape index (κ2) is 7.72. The Morgan fingerprint density at radius 3 is 2.42 bits per heavy atom. The van der Waals surface area contributed by atoms with Crippen LogP contribution in [0, 0.1) is 0 Å². The third kappa shape index (κ3) is 4.62. The van der Waals surface area contributed by atoms with E-state index in [4.69, 9.17) is 4.74 Å². The van der Waals surface area contributed by atoms with Gasteiger partial charge in [-0.15, -0.1) is 12.4 Å². The number of amides is 1. The first-order valence-electron chi connectivity index (χ1n) is 7.74. The van der Waals surface area contributed by atoms with Crippen LogP contribution in [-0.2, 0) is 22.3 Å². The Bertz CT molecular complexity index is 555. The van der Waals surface area contributed by atoms with Gasteiger partial charge in [0.25, 0.3) is 5.91 Å². The van der Waals surface area contributed by atoms with Gasteiger partial charge >= 0.3 is 6.18 Å². The van der Waals surface area contributed by atoms with Crippen molar-refractivity contribution in [3.8, 4) is 0 Å². The number of nitrogens with zero attached hydrogens (tertiary/aromatic N) is 1. The molecule has 134 valence electrons. The lowest BCUT2D eigenvalue weighted by Crippen LogP contribution is -2.49. The molecule has 0 radical (unpaired) electrons. The maximum atomic E-state index is 12.6. The number of rotatable bonds is 4. The first-order chi connectivity index (χ1) is 10.9. The van der Waals surface area contributed by atoms with Gasteiger partial charge in [-0.05, 0) is 30.5 Å². The summed E-state index contributed by atoms with van der Waals surface area (Å²) in [7, 11) is 0. The van der Waals surface area contributed by atoms with E-state index >= 15 is 0 Å². The van der Waals surface area contributed by atoms with Crippen LogP contribution in [0.4, 0.5) is 13.2 Å². The van der Waals surface area contributed by atoms with Gasteiger partial charge in [0.15, 0.2) is 0 Å². The number of ether oxygens (including phenoxy) is 1. The van der Waals surface area contributed by atoms with Crippen LogP contribution in [0.25, 0.3) is 0 Å². The minimum atomic E-state index is -4.34. The fourth-order valence-corrected chi connectivity index (χ4v) is 2.68. The Kier molecular flexibility index (Phi) is 6.11. The van der Waals surface area contributed by atoms with Crippen LogP contribution in [0.1, 0.15) is 24.0 Å². The van der Waals surface area contributed by atoms with Gasteiger partial charge in [0.05, 0.1) is 12.2 Å². The summed E-state index contributed by atoms with van der Waals surface area (Å²) >= 11 is 0. The summed E-state index contributed by atoms with van der Waals surface area (Å²) in [6.45, 7) is 2.03. The minimum Gasteiger partial charge on any atom is -0.366 e. The Morgan fingerprint density at radius 2 is 1.92 bits per heavy atom. The van der Waals surface area contributed by atoms with E-state index in [-0.39, 0.29) is 24.4 Å². The number of nitrogens with one attached hydrogen (secondary N) is 1. The van der Waals surface area contributed by atoms with Crippen LogP contribution in [0.5, 0.6) is 0 Å². The van der Waals surface area contributed by atoms with Crippen molar-refractivity contribution in [2.75, 3.05) is 19.7 Å². The van der Waals surface area contributed by atoms with E-state index in [1.54, 1.807) is 4.90 Å². The molecule has 1 aromatic carbocycles. The summed E-state index contributed by atoms with van der Waals surface area (Å²) in [5.74, 6) is -0.0837. The van der Waals surface area contributed by atoms with Crippen molar-refractivity contribution in [2.45, 2.75) is 37.7 Å². The lowest BCUT2D eigenvalue weighted by molar-refractivity contribution is -0.146. The molecule has 1 aromatic rings. The molecule has 2 aliphatic rings. The molecule has 1 aliphatic carbocycles. The number of hydrogen-bond acceptors (Lipinski definition) is 3. The molecule has 1 aliphatic heterocycles. The van der Waals surface area contributed by atoms with E-state index in [0.717, 1.165) is 31.5 Å². The zero-order valence-electron chi connectivity index (χ0n) is 13.0. The van der Waals surface area contributed by atoms with Crippen molar-refractivity contribution in [1.29, 1.82) is 0 Å². The number of hydrogen-bond donors (Lipinski definition) is 1. The van der Waals surface area contributed by atoms with Crippen molar-refractivity contribution in [1.82, 2.24) is 10.2 Å². The van der Waals surface area contributed by atoms with Crippen LogP contribution in [0.15, 0.2) is 24.3 Å². The highest BCUT2D eigenvalue weighted by molar-refractivity contribution is 5.85. The number of carbonyl (C=O) groups is 1. The molecule has 1 N–H and O–H groups in total. The second-order valence-electron chi connectivity index (χ2n) is 5.96.